The Labute approximate surface area is 124 Å². The Morgan fingerprint density at radius 1 is 1.38 bits per heavy atom. The molecule has 0 amide bonds. The maximum atomic E-state index is 5.76. The van der Waals surface area contributed by atoms with E-state index in [0.717, 1.165) is 18.8 Å². The SMILES string of the molecule is Cc1ccnc(C(C)N2CC(OCc3nnc(C)o3)C2)c1. The molecule has 1 saturated heterocycles. The Balaban J connectivity index is 1.47. The lowest BCUT2D eigenvalue weighted by Gasteiger charge is -2.42. The summed E-state index contributed by atoms with van der Waals surface area (Å²) >= 11 is 0. The van der Waals surface area contributed by atoms with Gasteiger partial charge in [-0.25, -0.2) is 0 Å². The van der Waals surface area contributed by atoms with Crippen LogP contribution in [0.5, 0.6) is 0 Å². The molecule has 0 aromatic carbocycles. The summed E-state index contributed by atoms with van der Waals surface area (Å²) in [5, 5.41) is 7.71. The predicted molar refractivity (Wildman–Crippen MR) is 76.6 cm³/mol. The predicted octanol–water partition coefficient (Wildman–Crippen LogP) is 2.04. The fraction of sp³-hybridized carbons (Fsp3) is 0.533. The number of aromatic nitrogens is 3. The molecule has 21 heavy (non-hydrogen) atoms. The van der Waals surface area contributed by atoms with Crippen LogP contribution in [-0.2, 0) is 11.3 Å². The van der Waals surface area contributed by atoms with Gasteiger partial charge in [-0.1, -0.05) is 0 Å². The third-order valence-corrected chi connectivity index (χ3v) is 3.80. The molecule has 0 saturated carbocycles. The third kappa shape index (κ3) is 3.28. The van der Waals surface area contributed by atoms with E-state index in [1.165, 1.54) is 5.56 Å². The minimum atomic E-state index is 0.226. The zero-order valence-electron chi connectivity index (χ0n) is 12.6. The van der Waals surface area contributed by atoms with Crippen molar-refractivity contribution in [2.45, 2.75) is 39.5 Å². The van der Waals surface area contributed by atoms with Crippen molar-refractivity contribution in [1.82, 2.24) is 20.1 Å². The molecule has 0 spiro atoms. The summed E-state index contributed by atoms with van der Waals surface area (Å²) in [6, 6.07) is 4.47. The summed E-state index contributed by atoms with van der Waals surface area (Å²) in [5.41, 5.74) is 2.35. The van der Waals surface area contributed by atoms with Gasteiger partial charge in [0.25, 0.3) is 0 Å². The highest BCUT2D eigenvalue weighted by atomic mass is 16.5. The molecule has 0 bridgehead atoms. The molecular weight excluding hydrogens is 268 g/mol. The summed E-state index contributed by atoms with van der Waals surface area (Å²) in [4.78, 5) is 6.80. The van der Waals surface area contributed by atoms with Crippen LogP contribution in [-0.4, -0.2) is 39.3 Å². The van der Waals surface area contributed by atoms with Gasteiger partial charge in [-0.15, -0.1) is 10.2 Å². The van der Waals surface area contributed by atoms with Gasteiger partial charge < -0.3 is 9.15 Å². The van der Waals surface area contributed by atoms with Crippen LogP contribution in [0.4, 0.5) is 0 Å². The Hall–Kier alpha value is -1.79. The topological polar surface area (TPSA) is 64.3 Å². The standard InChI is InChI=1S/C15H20N4O2/c1-10-4-5-16-14(6-10)11(2)19-7-13(8-19)20-9-15-18-17-12(3)21-15/h4-6,11,13H,7-9H2,1-3H3. The van der Waals surface area contributed by atoms with E-state index in [1.807, 2.05) is 12.3 Å². The molecule has 112 valence electrons. The van der Waals surface area contributed by atoms with Crippen LogP contribution in [0.15, 0.2) is 22.7 Å². The molecule has 1 atom stereocenters. The first-order valence-corrected chi connectivity index (χ1v) is 7.19. The molecule has 1 unspecified atom stereocenters. The first kappa shape index (κ1) is 14.2. The minimum Gasteiger partial charge on any atom is -0.423 e. The molecule has 1 fully saturated rings. The molecular formula is C15H20N4O2. The van der Waals surface area contributed by atoms with E-state index in [2.05, 4.69) is 40.0 Å². The van der Waals surface area contributed by atoms with Crippen molar-refractivity contribution in [2.75, 3.05) is 13.1 Å². The van der Waals surface area contributed by atoms with Crippen LogP contribution < -0.4 is 0 Å². The van der Waals surface area contributed by atoms with E-state index in [1.54, 1.807) is 6.92 Å². The average molecular weight is 288 g/mol. The fourth-order valence-corrected chi connectivity index (χ4v) is 2.45. The number of ether oxygens (including phenoxy) is 1. The zero-order valence-corrected chi connectivity index (χ0v) is 12.6. The molecule has 6 nitrogen and oxygen atoms in total. The molecule has 3 heterocycles. The van der Waals surface area contributed by atoms with Crippen LogP contribution >= 0.6 is 0 Å². The van der Waals surface area contributed by atoms with Crippen molar-refractivity contribution in [3.8, 4) is 0 Å². The second-order valence-corrected chi connectivity index (χ2v) is 5.54. The second-order valence-electron chi connectivity index (χ2n) is 5.54. The van der Waals surface area contributed by atoms with E-state index in [-0.39, 0.29) is 6.10 Å². The van der Waals surface area contributed by atoms with Crippen LogP contribution in [0.2, 0.25) is 0 Å². The summed E-state index contributed by atoms with van der Waals surface area (Å²) < 4.78 is 11.0. The largest absolute Gasteiger partial charge is 0.423 e. The van der Waals surface area contributed by atoms with Crippen LogP contribution in [0.25, 0.3) is 0 Å². The van der Waals surface area contributed by atoms with Crippen molar-refractivity contribution < 1.29 is 9.15 Å². The Morgan fingerprint density at radius 3 is 2.86 bits per heavy atom. The molecule has 2 aromatic rings. The first-order valence-electron chi connectivity index (χ1n) is 7.19. The van der Waals surface area contributed by atoms with Gasteiger partial charge in [-0.3, -0.25) is 9.88 Å². The summed E-state index contributed by atoms with van der Waals surface area (Å²) in [7, 11) is 0. The van der Waals surface area contributed by atoms with Gasteiger partial charge in [0, 0.05) is 32.3 Å². The Morgan fingerprint density at radius 2 is 2.19 bits per heavy atom. The highest BCUT2D eigenvalue weighted by molar-refractivity contribution is 5.17. The molecule has 0 N–H and O–H groups in total. The average Bonchev–Trinajstić information content (AvgIpc) is 2.82. The Kier molecular flexibility index (Phi) is 3.98. The van der Waals surface area contributed by atoms with Crippen molar-refractivity contribution in [1.29, 1.82) is 0 Å². The monoisotopic (exact) mass is 288 g/mol. The zero-order chi connectivity index (χ0) is 14.8. The molecule has 2 aromatic heterocycles. The van der Waals surface area contributed by atoms with Crippen LogP contribution in [0.3, 0.4) is 0 Å². The maximum Gasteiger partial charge on any atom is 0.242 e. The normalized spacial score (nSPS) is 17.7. The molecule has 0 aliphatic carbocycles. The van der Waals surface area contributed by atoms with Crippen LogP contribution in [0.1, 0.15) is 36.0 Å². The number of rotatable bonds is 5. The molecule has 0 radical (unpaired) electrons. The van der Waals surface area contributed by atoms with Gasteiger partial charge >= 0.3 is 0 Å². The number of likely N-dealkylation sites (tertiary alicyclic amines) is 1. The summed E-state index contributed by atoms with van der Waals surface area (Å²) in [6.45, 7) is 8.24. The van der Waals surface area contributed by atoms with Gasteiger partial charge in [-0.2, -0.15) is 0 Å². The summed E-state index contributed by atoms with van der Waals surface area (Å²) in [5.74, 6) is 1.11. The smallest absolute Gasteiger partial charge is 0.242 e. The van der Waals surface area contributed by atoms with Crippen molar-refractivity contribution in [2.24, 2.45) is 0 Å². The van der Waals surface area contributed by atoms with Gasteiger partial charge in [0.15, 0.2) is 0 Å². The highest BCUT2D eigenvalue weighted by Gasteiger charge is 2.32. The number of nitrogens with zero attached hydrogens (tertiary/aromatic N) is 4. The van der Waals surface area contributed by atoms with Gasteiger partial charge in [-0.05, 0) is 31.5 Å². The number of hydrogen-bond acceptors (Lipinski definition) is 6. The highest BCUT2D eigenvalue weighted by Crippen LogP contribution is 2.26. The van der Waals surface area contributed by atoms with Crippen molar-refractivity contribution >= 4 is 0 Å². The second kappa shape index (κ2) is 5.91. The van der Waals surface area contributed by atoms with Gasteiger partial charge in [0.1, 0.15) is 6.61 Å². The lowest BCUT2D eigenvalue weighted by atomic mass is 10.0. The number of hydrogen-bond donors (Lipinski definition) is 0. The van der Waals surface area contributed by atoms with E-state index in [9.17, 15) is 0 Å². The third-order valence-electron chi connectivity index (χ3n) is 3.80. The fourth-order valence-electron chi connectivity index (χ4n) is 2.45. The quantitative estimate of drug-likeness (QED) is 0.839. The molecule has 1 aliphatic heterocycles. The molecule has 3 rings (SSSR count). The molecule has 1 aliphatic rings. The lowest BCUT2D eigenvalue weighted by molar-refractivity contribution is -0.0827. The van der Waals surface area contributed by atoms with Crippen LogP contribution in [0, 0.1) is 13.8 Å². The lowest BCUT2D eigenvalue weighted by Crippen LogP contribution is -2.52. The van der Waals surface area contributed by atoms with E-state index < -0.39 is 0 Å². The number of aryl methyl sites for hydroxylation is 2. The van der Waals surface area contributed by atoms with Gasteiger partial charge in [0.05, 0.1) is 11.8 Å². The number of pyridine rings is 1. The maximum absolute atomic E-state index is 5.76. The minimum absolute atomic E-state index is 0.226. The summed E-state index contributed by atoms with van der Waals surface area (Å²) in [6.07, 6.45) is 2.09. The van der Waals surface area contributed by atoms with E-state index in [0.29, 0.717) is 24.4 Å². The van der Waals surface area contributed by atoms with Crippen molar-refractivity contribution in [3.05, 3.63) is 41.4 Å². The van der Waals surface area contributed by atoms with Crippen molar-refractivity contribution in [3.63, 3.8) is 0 Å². The van der Waals surface area contributed by atoms with E-state index >= 15 is 0 Å². The first-order chi connectivity index (χ1) is 10.1. The molecule has 6 heteroatoms. The van der Waals surface area contributed by atoms with Gasteiger partial charge in [0.2, 0.25) is 11.8 Å². The Bertz CT molecular complexity index is 607. The van der Waals surface area contributed by atoms with E-state index in [4.69, 9.17) is 9.15 Å².